The highest BCUT2D eigenvalue weighted by Crippen LogP contribution is 2.46. The Morgan fingerprint density at radius 2 is 1.71 bits per heavy atom. The van der Waals surface area contributed by atoms with Gasteiger partial charge in [-0.2, -0.15) is 4.31 Å². The first kappa shape index (κ1) is 18.4. The maximum Gasteiger partial charge on any atom is 0.319 e. The lowest BCUT2D eigenvalue weighted by Crippen LogP contribution is -2.36. The van der Waals surface area contributed by atoms with Gasteiger partial charge in [-0.15, -0.1) is 0 Å². The van der Waals surface area contributed by atoms with E-state index in [1.165, 1.54) is 16.4 Å². The average molecular weight is 354 g/mol. The van der Waals surface area contributed by atoms with Crippen molar-refractivity contribution in [1.82, 2.24) is 9.62 Å². The van der Waals surface area contributed by atoms with E-state index in [2.05, 4.69) is 5.32 Å². The number of nitrogens with one attached hydrogen (secondary N) is 1. The van der Waals surface area contributed by atoms with Gasteiger partial charge in [-0.25, -0.2) is 8.42 Å². The van der Waals surface area contributed by atoms with Gasteiger partial charge in [0.25, 0.3) is 0 Å². The van der Waals surface area contributed by atoms with E-state index >= 15 is 0 Å². The molecule has 1 fully saturated rings. The number of carbonyl (C=O) groups is 2. The molecule has 0 atom stereocenters. The van der Waals surface area contributed by atoms with E-state index in [0.29, 0.717) is 31.5 Å². The molecule has 1 aliphatic rings. The third-order valence-corrected chi connectivity index (χ3v) is 6.38. The van der Waals surface area contributed by atoms with E-state index < -0.39 is 27.3 Å². The molecule has 8 heteroatoms. The number of sulfonamides is 1. The molecule has 1 saturated carbocycles. The first-order valence-corrected chi connectivity index (χ1v) is 9.32. The van der Waals surface area contributed by atoms with Gasteiger partial charge in [0.05, 0.1) is 4.90 Å². The smallest absolute Gasteiger partial charge is 0.319 e. The molecular formula is C16H22N2O5S. The van der Waals surface area contributed by atoms with Crippen molar-refractivity contribution in [1.29, 1.82) is 0 Å². The standard InChI is InChI=1S/C16H22N2O5S/c1-3-18(4-2)24(22,23)13-7-5-12(6-8-13)11-17-14(19)16(9-10-16)15(20)21/h5-8H,3-4,9-11H2,1-2H3,(H,17,19)(H,20,21). The molecule has 7 nitrogen and oxygen atoms in total. The molecule has 2 rings (SSSR count). The van der Waals surface area contributed by atoms with Crippen LogP contribution in [0.25, 0.3) is 0 Å². The fraction of sp³-hybridized carbons (Fsp3) is 0.500. The second kappa shape index (κ2) is 6.90. The maximum absolute atomic E-state index is 12.4. The van der Waals surface area contributed by atoms with Gasteiger partial charge in [-0.3, -0.25) is 9.59 Å². The highest BCUT2D eigenvalue weighted by atomic mass is 32.2. The van der Waals surface area contributed by atoms with Gasteiger partial charge in [0.2, 0.25) is 15.9 Å². The topological polar surface area (TPSA) is 104 Å². The fourth-order valence-corrected chi connectivity index (χ4v) is 3.96. The van der Waals surface area contributed by atoms with Crippen LogP contribution < -0.4 is 5.32 Å². The maximum atomic E-state index is 12.4. The number of hydrogen-bond donors (Lipinski definition) is 2. The zero-order chi connectivity index (χ0) is 18.0. The monoisotopic (exact) mass is 354 g/mol. The van der Waals surface area contributed by atoms with Crippen molar-refractivity contribution >= 4 is 21.9 Å². The summed E-state index contributed by atoms with van der Waals surface area (Å²) >= 11 is 0. The molecule has 2 N–H and O–H groups in total. The molecule has 0 aliphatic heterocycles. The molecule has 0 radical (unpaired) electrons. The van der Waals surface area contributed by atoms with E-state index in [-0.39, 0.29) is 11.4 Å². The van der Waals surface area contributed by atoms with Crippen LogP contribution in [-0.2, 0) is 26.2 Å². The lowest BCUT2D eigenvalue weighted by molar-refractivity contribution is -0.149. The number of rotatable bonds is 8. The van der Waals surface area contributed by atoms with Crippen molar-refractivity contribution in [2.75, 3.05) is 13.1 Å². The molecule has 0 aromatic heterocycles. The Morgan fingerprint density at radius 1 is 1.17 bits per heavy atom. The van der Waals surface area contributed by atoms with E-state index in [4.69, 9.17) is 5.11 Å². The van der Waals surface area contributed by atoms with Crippen molar-refractivity contribution in [2.45, 2.75) is 38.1 Å². The second-order valence-corrected chi connectivity index (χ2v) is 7.74. The van der Waals surface area contributed by atoms with E-state index in [0.717, 1.165) is 0 Å². The highest BCUT2D eigenvalue weighted by molar-refractivity contribution is 7.89. The second-order valence-electron chi connectivity index (χ2n) is 5.80. The van der Waals surface area contributed by atoms with E-state index in [1.807, 2.05) is 0 Å². The van der Waals surface area contributed by atoms with Gasteiger partial charge in [0.1, 0.15) is 5.41 Å². The lowest BCUT2D eigenvalue weighted by Gasteiger charge is -2.18. The number of aliphatic carboxylic acids is 1. The molecule has 24 heavy (non-hydrogen) atoms. The minimum atomic E-state index is -3.51. The summed E-state index contributed by atoms with van der Waals surface area (Å²) < 4.78 is 26.1. The fourth-order valence-electron chi connectivity index (χ4n) is 2.51. The molecular weight excluding hydrogens is 332 g/mol. The van der Waals surface area contributed by atoms with Gasteiger partial charge in [0.15, 0.2) is 0 Å². The number of nitrogens with zero attached hydrogens (tertiary/aromatic N) is 1. The molecule has 0 saturated heterocycles. The Balaban J connectivity index is 2.03. The molecule has 1 aliphatic carbocycles. The van der Waals surface area contributed by atoms with Crippen molar-refractivity contribution in [2.24, 2.45) is 5.41 Å². The van der Waals surface area contributed by atoms with Crippen LogP contribution in [0.5, 0.6) is 0 Å². The van der Waals surface area contributed by atoms with Gasteiger partial charge >= 0.3 is 5.97 Å². The van der Waals surface area contributed by atoms with E-state index in [9.17, 15) is 18.0 Å². The quantitative estimate of drug-likeness (QED) is 0.683. The summed E-state index contributed by atoms with van der Waals surface area (Å²) in [4.78, 5) is 23.2. The molecule has 1 aromatic carbocycles. The van der Waals surface area contributed by atoms with Crippen molar-refractivity contribution < 1.29 is 23.1 Å². The predicted octanol–water partition coefficient (Wildman–Crippen LogP) is 1.20. The summed E-state index contributed by atoms with van der Waals surface area (Å²) in [5, 5.41) is 11.7. The van der Waals surface area contributed by atoms with Crippen LogP contribution in [-0.4, -0.2) is 42.8 Å². The number of hydrogen-bond acceptors (Lipinski definition) is 4. The molecule has 0 bridgehead atoms. The normalized spacial score (nSPS) is 16.0. The van der Waals surface area contributed by atoms with Gasteiger partial charge in [-0.05, 0) is 30.5 Å². The summed E-state index contributed by atoms with van der Waals surface area (Å²) in [6, 6.07) is 6.24. The minimum Gasteiger partial charge on any atom is -0.480 e. The van der Waals surface area contributed by atoms with E-state index in [1.54, 1.807) is 26.0 Å². The third-order valence-electron chi connectivity index (χ3n) is 4.31. The van der Waals surface area contributed by atoms with Crippen LogP contribution in [0.3, 0.4) is 0 Å². The van der Waals surface area contributed by atoms with Crippen LogP contribution in [0.4, 0.5) is 0 Å². The van der Waals surface area contributed by atoms with Gasteiger partial charge in [-0.1, -0.05) is 26.0 Å². The number of benzene rings is 1. The minimum absolute atomic E-state index is 0.166. The summed E-state index contributed by atoms with van der Waals surface area (Å²) in [5.74, 6) is -1.59. The summed E-state index contributed by atoms with van der Waals surface area (Å²) in [7, 11) is -3.51. The first-order chi connectivity index (χ1) is 11.3. The first-order valence-electron chi connectivity index (χ1n) is 7.88. The Labute approximate surface area is 141 Å². The van der Waals surface area contributed by atoms with Gasteiger partial charge < -0.3 is 10.4 Å². The zero-order valence-electron chi connectivity index (χ0n) is 13.8. The third kappa shape index (κ3) is 3.44. The Kier molecular flexibility index (Phi) is 5.29. The predicted molar refractivity (Wildman–Crippen MR) is 87.7 cm³/mol. The molecule has 1 amide bonds. The summed E-state index contributed by atoms with van der Waals surface area (Å²) in [6.45, 7) is 4.52. The van der Waals surface area contributed by atoms with Crippen LogP contribution in [0, 0.1) is 5.41 Å². The summed E-state index contributed by atoms with van der Waals surface area (Å²) in [6.07, 6.45) is 0.713. The molecule has 0 unspecified atom stereocenters. The Morgan fingerprint density at radius 3 is 2.12 bits per heavy atom. The zero-order valence-corrected chi connectivity index (χ0v) is 14.6. The molecule has 132 valence electrons. The number of amides is 1. The van der Waals surface area contributed by atoms with Crippen LogP contribution in [0.1, 0.15) is 32.3 Å². The Hall–Kier alpha value is -1.93. The summed E-state index contributed by atoms with van der Waals surface area (Å²) in [5.41, 5.74) is -0.561. The lowest BCUT2D eigenvalue weighted by atomic mass is 10.1. The van der Waals surface area contributed by atoms with Crippen LogP contribution in [0.2, 0.25) is 0 Å². The number of carbonyl (C=O) groups excluding carboxylic acids is 1. The van der Waals surface area contributed by atoms with Crippen molar-refractivity contribution in [3.05, 3.63) is 29.8 Å². The number of carboxylic acid groups (broad SMARTS) is 1. The van der Waals surface area contributed by atoms with Crippen molar-refractivity contribution in [3.63, 3.8) is 0 Å². The van der Waals surface area contributed by atoms with Crippen LogP contribution >= 0.6 is 0 Å². The van der Waals surface area contributed by atoms with Gasteiger partial charge in [0, 0.05) is 19.6 Å². The largest absolute Gasteiger partial charge is 0.480 e. The molecule has 0 spiro atoms. The van der Waals surface area contributed by atoms with Crippen molar-refractivity contribution in [3.8, 4) is 0 Å². The molecule has 1 aromatic rings. The highest BCUT2D eigenvalue weighted by Gasteiger charge is 2.56. The Bertz CT molecular complexity index is 719. The van der Waals surface area contributed by atoms with Crippen LogP contribution in [0.15, 0.2) is 29.2 Å². The average Bonchev–Trinajstić information content (AvgIpc) is 3.36. The number of carboxylic acids is 1. The SMILES string of the molecule is CCN(CC)S(=O)(=O)c1ccc(CNC(=O)C2(C(=O)O)CC2)cc1. The molecule has 0 heterocycles.